The molecule has 2 aliphatic heterocycles. The lowest BCUT2D eigenvalue weighted by atomic mass is 9.89. The number of carbonyl (C=O) groups excluding carboxylic acids is 1. The van der Waals surface area contributed by atoms with E-state index < -0.39 is 15.6 Å². The molecule has 0 aromatic heterocycles. The van der Waals surface area contributed by atoms with E-state index in [-0.39, 0.29) is 17.7 Å². The Morgan fingerprint density at radius 1 is 1.19 bits per heavy atom. The van der Waals surface area contributed by atoms with Gasteiger partial charge in [0.15, 0.2) is 0 Å². The van der Waals surface area contributed by atoms with Gasteiger partial charge in [-0.25, -0.2) is 8.42 Å². The molecule has 1 N–H and O–H groups in total. The second kappa shape index (κ2) is 8.07. The molecule has 0 spiro atoms. The van der Waals surface area contributed by atoms with Crippen molar-refractivity contribution < 1.29 is 22.7 Å². The van der Waals surface area contributed by atoms with Crippen molar-refractivity contribution in [2.75, 3.05) is 23.7 Å². The molecule has 8 heteroatoms. The maximum atomic E-state index is 13.1. The van der Waals surface area contributed by atoms with E-state index in [2.05, 4.69) is 5.32 Å². The number of nitrogens with zero attached hydrogens (tertiary/aromatic N) is 1. The van der Waals surface area contributed by atoms with Gasteiger partial charge in [0.05, 0.1) is 24.6 Å². The molecule has 7 nitrogen and oxygen atoms in total. The van der Waals surface area contributed by atoms with E-state index in [1.54, 1.807) is 31.4 Å². The normalized spacial score (nSPS) is 21.5. The van der Waals surface area contributed by atoms with Crippen molar-refractivity contribution in [2.24, 2.45) is 0 Å². The molecule has 0 aliphatic carbocycles. The highest BCUT2D eigenvalue weighted by molar-refractivity contribution is 7.92. The van der Waals surface area contributed by atoms with Crippen LogP contribution in [0.5, 0.6) is 11.5 Å². The summed E-state index contributed by atoms with van der Waals surface area (Å²) in [4.78, 5) is 13.1. The van der Waals surface area contributed by atoms with Crippen LogP contribution in [0.1, 0.15) is 55.1 Å². The predicted molar refractivity (Wildman–Crippen MR) is 119 cm³/mol. The number of amides is 1. The van der Waals surface area contributed by atoms with Crippen molar-refractivity contribution in [2.45, 2.75) is 44.8 Å². The highest BCUT2D eigenvalue weighted by Crippen LogP contribution is 2.41. The lowest BCUT2D eigenvalue weighted by molar-refractivity contribution is 0.0618. The molecule has 0 saturated carbocycles. The zero-order valence-electron chi connectivity index (χ0n) is 18.1. The average Bonchev–Trinajstić information content (AvgIpc) is 2.72. The Morgan fingerprint density at radius 3 is 2.74 bits per heavy atom. The van der Waals surface area contributed by atoms with E-state index in [4.69, 9.17) is 9.47 Å². The average molecular weight is 445 g/mol. The van der Waals surface area contributed by atoms with E-state index in [1.165, 1.54) is 4.31 Å². The molecule has 2 heterocycles. The summed E-state index contributed by atoms with van der Waals surface area (Å²) in [7, 11) is -1.74. The SMILES string of the molecule is COc1ccc2c(c1)[C@@H](NC(=O)c1cccc(N3CCCCS3(=O)=O)c1)CC(C)(C)O2. The van der Waals surface area contributed by atoms with Gasteiger partial charge in [0.25, 0.3) is 5.91 Å². The quantitative estimate of drug-likeness (QED) is 0.778. The number of anilines is 1. The molecular formula is C23H28N2O5S. The number of nitrogens with one attached hydrogen (secondary N) is 1. The molecule has 2 aliphatic rings. The van der Waals surface area contributed by atoms with Gasteiger partial charge in [0.2, 0.25) is 10.0 Å². The molecule has 0 bridgehead atoms. The van der Waals surface area contributed by atoms with Gasteiger partial charge in [-0.05, 0) is 63.1 Å². The largest absolute Gasteiger partial charge is 0.497 e. The first-order chi connectivity index (χ1) is 14.7. The van der Waals surface area contributed by atoms with Crippen molar-refractivity contribution in [3.05, 3.63) is 53.6 Å². The fourth-order valence-corrected chi connectivity index (χ4v) is 5.84. The van der Waals surface area contributed by atoms with Gasteiger partial charge < -0.3 is 14.8 Å². The lowest BCUT2D eigenvalue weighted by Crippen LogP contribution is -2.41. The standard InChI is InChI=1S/C23H28N2O5S/c1-23(2)15-20(19-14-18(29-3)9-10-21(19)30-23)24-22(26)16-7-6-8-17(13-16)25-11-4-5-12-31(25,27)28/h6-10,13-14,20H,4-5,11-12,15H2,1-3H3,(H,24,26)/t20-/m0/s1. The number of sulfonamides is 1. The first-order valence-corrected chi connectivity index (χ1v) is 12.1. The summed E-state index contributed by atoms with van der Waals surface area (Å²) in [6, 6.07) is 12.1. The van der Waals surface area contributed by atoms with Crippen LogP contribution in [0.2, 0.25) is 0 Å². The number of hydrogen-bond donors (Lipinski definition) is 1. The zero-order valence-corrected chi connectivity index (χ0v) is 18.9. The van der Waals surface area contributed by atoms with E-state index in [9.17, 15) is 13.2 Å². The van der Waals surface area contributed by atoms with Crippen LogP contribution >= 0.6 is 0 Å². The molecule has 2 aromatic carbocycles. The highest BCUT2D eigenvalue weighted by Gasteiger charge is 2.35. The van der Waals surface area contributed by atoms with Crippen molar-refractivity contribution in [1.82, 2.24) is 5.32 Å². The number of carbonyl (C=O) groups is 1. The summed E-state index contributed by atoms with van der Waals surface area (Å²) >= 11 is 0. The molecule has 1 atom stereocenters. The minimum absolute atomic E-state index is 0.138. The molecule has 1 saturated heterocycles. The summed E-state index contributed by atoms with van der Waals surface area (Å²) in [6.07, 6.45) is 2.08. The topological polar surface area (TPSA) is 84.9 Å². The molecule has 0 unspecified atom stereocenters. The molecule has 166 valence electrons. The summed E-state index contributed by atoms with van der Waals surface area (Å²) in [5.41, 5.74) is 1.37. The Labute approximate surface area is 183 Å². The van der Waals surface area contributed by atoms with E-state index >= 15 is 0 Å². The number of hydrogen-bond acceptors (Lipinski definition) is 5. The third-order valence-corrected chi connectivity index (χ3v) is 7.59. The molecule has 31 heavy (non-hydrogen) atoms. The number of methoxy groups -OCH3 is 1. The Bertz CT molecular complexity index is 1100. The van der Waals surface area contributed by atoms with Crippen LogP contribution in [0.3, 0.4) is 0 Å². The first-order valence-electron chi connectivity index (χ1n) is 10.5. The summed E-state index contributed by atoms with van der Waals surface area (Å²) in [5, 5.41) is 3.11. The van der Waals surface area contributed by atoms with E-state index in [1.807, 2.05) is 32.0 Å². The van der Waals surface area contributed by atoms with E-state index in [0.29, 0.717) is 36.4 Å². The van der Waals surface area contributed by atoms with Gasteiger partial charge in [0.1, 0.15) is 17.1 Å². The van der Waals surface area contributed by atoms with Crippen LogP contribution in [-0.4, -0.2) is 39.3 Å². The van der Waals surface area contributed by atoms with Crippen LogP contribution in [-0.2, 0) is 10.0 Å². The van der Waals surface area contributed by atoms with Crippen LogP contribution in [0.4, 0.5) is 5.69 Å². The summed E-state index contributed by atoms with van der Waals surface area (Å²) < 4.78 is 37.7. The maximum Gasteiger partial charge on any atom is 0.251 e. The van der Waals surface area contributed by atoms with Crippen LogP contribution in [0, 0.1) is 0 Å². The first kappa shape index (κ1) is 21.5. The van der Waals surface area contributed by atoms with Gasteiger partial charge in [-0.2, -0.15) is 0 Å². The number of fused-ring (bicyclic) bond motifs is 1. The second-order valence-corrected chi connectivity index (χ2v) is 10.7. The summed E-state index contributed by atoms with van der Waals surface area (Å²) in [5.74, 6) is 1.29. The van der Waals surface area contributed by atoms with Crippen molar-refractivity contribution in [3.8, 4) is 11.5 Å². The Hall–Kier alpha value is -2.74. The fourth-order valence-electron chi connectivity index (χ4n) is 4.21. The molecule has 1 amide bonds. The monoisotopic (exact) mass is 444 g/mol. The minimum Gasteiger partial charge on any atom is -0.497 e. The second-order valence-electron chi connectivity index (χ2n) is 8.64. The molecule has 1 fully saturated rings. The number of ether oxygens (including phenoxy) is 2. The Balaban J connectivity index is 1.60. The third-order valence-electron chi connectivity index (χ3n) is 5.73. The van der Waals surface area contributed by atoms with Gasteiger partial charge in [-0.15, -0.1) is 0 Å². The minimum atomic E-state index is -3.34. The number of benzene rings is 2. The molecule has 4 rings (SSSR count). The van der Waals surface area contributed by atoms with Gasteiger partial charge in [-0.1, -0.05) is 6.07 Å². The highest BCUT2D eigenvalue weighted by atomic mass is 32.2. The third kappa shape index (κ3) is 4.49. The molecule has 0 radical (unpaired) electrons. The number of rotatable bonds is 4. The van der Waals surface area contributed by atoms with Crippen LogP contribution in [0.25, 0.3) is 0 Å². The van der Waals surface area contributed by atoms with E-state index in [0.717, 1.165) is 17.7 Å². The zero-order chi connectivity index (χ0) is 22.2. The van der Waals surface area contributed by atoms with Crippen molar-refractivity contribution in [1.29, 1.82) is 0 Å². The van der Waals surface area contributed by atoms with Gasteiger partial charge in [-0.3, -0.25) is 9.10 Å². The van der Waals surface area contributed by atoms with Crippen molar-refractivity contribution >= 4 is 21.6 Å². The Morgan fingerprint density at radius 2 is 2.00 bits per heavy atom. The molecular weight excluding hydrogens is 416 g/mol. The Kier molecular flexibility index (Phi) is 5.60. The van der Waals surface area contributed by atoms with Gasteiger partial charge in [0, 0.05) is 24.1 Å². The van der Waals surface area contributed by atoms with Crippen molar-refractivity contribution in [3.63, 3.8) is 0 Å². The lowest BCUT2D eigenvalue weighted by Gasteiger charge is -2.38. The molecule has 2 aromatic rings. The fraction of sp³-hybridized carbons (Fsp3) is 0.435. The predicted octanol–water partition coefficient (Wildman–Crippen LogP) is 3.66. The van der Waals surface area contributed by atoms with Crippen LogP contribution < -0.4 is 19.1 Å². The van der Waals surface area contributed by atoms with Gasteiger partial charge >= 0.3 is 0 Å². The van der Waals surface area contributed by atoms with Crippen LogP contribution in [0.15, 0.2) is 42.5 Å². The maximum absolute atomic E-state index is 13.1. The summed E-state index contributed by atoms with van der Waals surface area (Å²) in [6.45, 7) is 4.41. The smallest absolute Gasteiger partial charge is 0.251 e.